The van der Waals surface area contributed by atoms with Crippen molar-refractivity contribution in [3.05, 3.63) is 0 Å². The quantitative estimate of drug-likeness (QED) is 0.562. The van der Waals surface area contributed by atoms with Gasteiger partial charge in [0.1, 0.15) is 6.10 Å². The molecule has 0 aromatic carbocycles. The molecule has 6 heteroatoms. The molecule has 0 saturated carbocycles. The normalized spacial score (nSPS) is 14.8. The van der Waals surface area contributed by atoms with Crippen LogP contribution in [-0.4, -0.2) is 23.4 Å². The van der Waals surface area contributed by atoms with Crippen LogP contribution in [0.15, 0.2) is 0 Å². The summed E-state index contributed by atoms with van der Waals surface area (Å²) in [6, 6.07) is 0. The smallest absolute Gasteiger partial charge is 0.391 e. The van der Waals surface area contributed by atoms with Crippen molar-refractivity contribution in [2.75, 3.05) is 0 Å². The largest absolute Gasteiger partial charge is 0.547 e. The molecule has 0 rings (SSSR count). The van der Waals surface area contributed by atoms with Gasteiger partial charge in [0.2, 0.25) is 0 Å². The topological polar surface area (TPSA) is 60.4 Å². The average Bonchev–Trinajstić information content (AvgIpc) is 1.60. The van der Waals surface area contributed by atoms with Crippen LogP contribution < -0.4 is 5.11 Å². The number of aliphatic hydroxyl groups is 1. The maximum atomic E-state index is 11.2. The molecular weight excluding hydrogens is 153 g/mol. The Bertz CT molecular complexity index is 130. The van der Waals surface area contributed by atoms with Gasteiger partial charge in [-0.25, -0.2) is 0 Å². The number of halogens is 3. The lowest BCUT2D eigenvalue weighted by Crippen LogP contribution is -2.38. The minimum atomic E-state index is -4.67. The lowest BCUT2D eigenvalue weighted by molar-refractivity contribution is -0.318. The summed E-state index contributed by atoms with van der Waals surface area (Å²) in [5.41, 5.74) is 0. The van der Waals surface area contributed by atoms with Gasteiger partial charge >= 0.3 is 6.18 Å². The van der Waals surface area contributed by atoms with E-state index in [-0.39, 0.29) is 0 Å². The van der Waals surface area contributed by atoms with Crippen LogP contribution in [-0.2, 0) is 4.79 Å². The van der Waals surface area contributed by atoms with Gasteiger partial charge in [0.25, 0.3) is 0 Å². The van der Waals surface area contributed by atoms with Crippen molar-refractivity contribution in [1.82, 2.24) is 0 Å². The maximum Gasteiger partial charge on any atom is 0.391 e. The standard InChI is InChI=1S/C4H5F3O3/c5-4(6,7)1-2(8)3(9)10/h2,8H,1H2,(H,9,10)/p-1. The van der Waals surface area contributed by atoms with Crippen molar-refractivity contribution >= 4 is 5.97 Å². The van der Waals surface area contributed by atoms with Crippen LogP contribution in [0.25, 0.3) is 0 Å². The van der Waals surface area contributed by atoms with E-state index in [1.165, 1.54) is 0 Å². The van der Waals surface area contributed by atoms with Crippen LogP contribution in [0.4, 0.5) is 13.2 Å². The molecule has 0 aliphatic heterocycles. The summed E-state index contributed by atoms with van der Waals surface area (Å²) in [7, 11) is 0. The molecule has 0 saturated heterocycles. The van der Waals surface area contributed by atoms with Crippen LogP contribution in [0.1, 0.15) is 6.42 Å². The molecule has 1 unspecified atom stereocenters. The van der Waals surface area contributed by atoms with Crippen molar-refractivity contribution < 1.29 is 28.2 Å². The number of hydrogen-bond acceptors (Lipinski definition) is 3. The molecule has 0 aliphatic carbocycles. The highest BCUT2D eigenvalue weighted by atomic mass is 19.4. The van der Waals surface area contributed by atoms with Crippen molar-refractivity contribution in [1.29, 1.82) is 0 Å². The zero-order chi connectivity index (χ0) is 8.36. The molecule has 1 atom stereocenters. The van der Waals surface area contributed by atoms with E-state index in [1.807, 2.05) is 0 Å². The predicted molar refractivity (Wildman–Crippen MR) is 21.7 cm³/mol. The maximum absolute atomic E-state index is 11.2. The third-order valence-electron chi connectivity index (χ3n) is 0.697. The first-order valence-corrected chi connectivity index (χ1v) is 2.28. The second-order valence-electron chi connectivity index (χ2n) is 1.65. The minimum absolute atomic E-state index is 1.77. The number of aliphatic carboxylic acids is 1. The minimum Gasteiger partial charge on any atom is -0.547 e. The molecule has 10 heavy (non-hydrogen) atoms. The zero-order valence-electron chi connectivity index (χ0n) is 4.68. The number of aliphatic hydroxyl groups excluding tert-OH is 1. The van der Waals surface area contributed by atoms with E-state index in [0.29, 0.717) is 0 Å². The van der Waals surface area contributed by atoms with Gasteiger partial charge in [-0.3, -0.25) is 0 Å². The van der Waals surface area contributed by atoms with E-state index < -0.39 is 24.7 Å². The molecule has 3 nitrogen and oxygen atoms in total. The fourth-order valence-corrected chi connectivity index (χ4v) is 0.303. The Morgan fingerprint density at radius 1 is 1.60 bits per heavy atom. The van der Waals surface area contributed by atoms with Gasteiger partial charge in [0.15, 0.2) is 0 Å². The molecule has 0 radical (unpaired) electrons. The summed E-state index contributed by atoms with van der Waals surface area (Å²) in [5.74, 6) is -2.11. The number of carbonyl (C=O) groups excluding carboxylic acids is 1. The first-order valence-electron chi connectivity index (χ1n) is 2.28. The van der Waals surface area contributed by atoms with Crippen LogP contribution in [0.2, 0.25) is 0 Å². The molecule has 0 heterocycles. The molecule has 0 aliphatic rings. The lowest BCUT2D eigenvalue weighted by atomic mass is 10.2. The third kappa shape index (κ3) is 4.13. The summed E-state index contributed by atoms with van der Waals surface area (Å²) in [4.78, 5) is 9.52. The molecule has 0 aromatic rings. The molecule has 0 fully saturated rings. The number of carboxylic acid groups (broad SMARTS) is 1. The summed E-state index contributed by atoms with van der Waals surface area (Å²) < 4.78 is 33.6. The van der Waals surface area contributed by atoms with Gasteiger partial charge < -0.3 is 15.0 Å². The highest BCUT2D eigenvalue weighted by Gasteiger charge is 2.31. The number of rotatable bonds is 2. The van der Waals surface area contributed by atoms with Gasteiger partial charge in [0, 0.05) is 0 Å². The second-order valence-corrected chi connectivity index (χ2v) is 1.65. The second kappa shape index (κ2) is 2.87. The fraction of sp³-hybridized carbons (Fsp3) is 0.750. The van der Waals surface area contributed by atoms with E-state index in [9.17, 15) is 23.1 Å². The molecule has 0 spiro atoms. The highest BCUT2D eigenvalue weighted by Crippen LogP contribution is 2.20. The van der Waals surface area contributed by atoms with Crippen molar-refractivity contribution in [2.45, 2.75) is 18.7 Å². The third-order valence-corrected chi connectivity index (χ3v) is 0.697. The van der Waals surface area contributed by atoms with Crippen molar-refractivity contribution in [2.24, 2.45) is 0 Å². The number of hydrogen-bond donors (Lipinski definition) is 1. The summed E-state index contributed by atoms with van der Waals surface area (Å²) in [5, 5.41) is 17.6. The SMILES string of the molecule is O=C([O-])C(O)CC(F)(F)F. The Balaban J connectivity index is 3.80. The molecule has 0 aromatic heterocycles. The molecule has 1 N–H and O–H groups in total. The predicted octanol–water partition coefficient (Wildman–Crippen LogP) is -0.950. The Hall–Kier alpha value is -0.780. The monoisotopic (exact) mass is 157 g/mol. The average molecular weight is 157 g/mol. The van der Waals surface area contributed by atoms with E-state index in [2.05, 4.69) is 0 Å². The van der Waals surface area contributed by atoms with Gasteiger partial charge in [-0.2, -0.15) is 13.2 Å². The summed E-state index contributed by atoms with van der Waals surface area (Å²) in [6.07, 6.45) is -8.89. The summed E-state index contributed by atoms with van der Waals surface area (Å²) >= 11 is 0. The first kappa shape index (κ1) is 9.22. The fourth-order valence-electron chi connectivity index (χ4n) is 0.303. The van der Waals surface area contributed by atoms with Crippen LogP contribution in [0.3, 0.4) is 0 Å². The van der Waals surface area contributed by atoms with Gasteiger partial charge in [-0.15, -0.1) is 0 Å². The van der Waals surface area contributed by atoms with E-state index in [0.717, 1.165) is 0 Å². The Morgan fingerprint density at radius 2 is 2.00 bits per heavy atom. The molecule has 0 bridgehead atoms. The molecule has 60 valence electrons. The van der Waals surface area contributed by atoms with Crippen LogP contribution >= 0.6 is 0 Å². The number of alkyl halides is 3. The molecular formula is C4H4F3O3-. The zero-order valence-corrected chi connectivity index (χ0v) is 4.68. The van der Waals surface area contributed by atoms with Gasteiger partial charge in [-0.1, -0.05) is 0 Å². The number of carboxylic acids is 1. The summed E-state index contributed by atoms with van der Waals surface area (Å²) in [6.45, 7) is 0. The van der Waals surface area contributed by atoms with Crippen molar-refractivity contribution in [3.63, 3.8) is 0 Å². The first-order chi connectivity index (χ1) is 4.33. The Kier molecular flexibility index (Phi) is 2.65. The van der Waals surface area contributed by atoms with Gasteiger partial charge in [0.05, 0.1) is 12.4 Å². The van der Waals surface area contributed by atoms with Crippen LogP contribution in [0, 0.1) is 0 Å². The van der Waals surface area contributed by atoms with E-state index in [1.54, 1.807) is 0 Å². The number of carbonyl (C=O) groups is 1. The van der Waals surface area contributed by atoms with Gasteiger partial charge in [-0.05, 0) is 0 Å². The lowest BCUT2D eigenvalue weighted by Gasteiger charge is -2.12. The van der Waals surface area contributed by atoms with E-state index >= 15 is 0 Å². The molecule has 0 amide bonds. The highest BCUT2D eigenvalue weighted by molar-refractivity contribution is 5.69. The van der Waals surface area contributed by atoms with Crippen LogP contribution in [0.5, 0.6) is 0 Å². The Labute approximate surface area is 54.1 Å². The van der Waals surface area contributed by atoms with Crippen molar-refractivity contribution in [3.8, 4) is 0 Å². The Morgan fingerprint density at radius 3 is 2.10 bits per heavy atom. The van der Waals surface area contributed by atoms with E-state index in [4.69, 9.17) is 5.11 Å².